The summed E-state index contributed by atoms with van der Waals surface area (Å²) in [6.07, 6.45) is 1.48. The van der Waals surface area contributed by atoms with Crippen molar-refractivity contribution in [3.05, 3.63) is 24.3 Å². The molecule has 0 aromatic heterocycles. The van der Waals surface area contributed by atoms with E-state index in [4.69, 9.17) is 4.74 Å². The van der Waals surface area contributed by atoms with Crippen LogP contribution in [-0.2, 0) is 4.79 Å². The standard InChI is InChI=1S/C18H28N2O3/c1-13(2)16(21)12-18(22)20-10-8-14(9-11-20)19-15-6-4-5-7-17(15)23-3/h4-7,13-14,16,19,21H,8-12H2,1-3H3. The molecule has 0 saturated carbocycles. The lowest BCUT2D eigenvalue weighted by atomic mass is 10.0. The minimum Gasteiger partial charge on any atom is -0.495 e. The molecule has 1 saturated heterocycles. The van der Waals surface area contributed by atoms with Crippen LogP contribution in [0.2, 0.25) is 0 Å². The fourth-order valence-electron chi connectivity index (χ4n) is 2.80. The number of benzene rings is 1. The van der Waals surface area contributed by atoms with Gasteiger partial charge in [0, 0.05) is 19.1 Å². The van der Waals surface area contributed by atoms with Gasteiger partial charge in [0.2, 0.25) is 5.91 Å². The Morgan fingerprint density at radius 3 is 2.61 bits per heavy atom. The van der Waals surface area contributed by atoms with Crippen molar-refractivity contribution in [3.8, 4) is 5.75 Å². The SMILES string of the molecule is COc1ccccc1NC1CCN(C(=O)CC(O)C(C)C)CC1. The van der Waals surface area contributed by atoms with Gasteiger partial charge in [0.15, 0.2) is 0 Å². The van der Waals surface area contributed by atoms with E-state index in [1.54, 1.807) is 7.11 Å². The molecule has 1 heterocycles. The lowest BCUT2D eigenvalue weighted by Gasteiger charge is -2.33. The molecule has 0 bridgehead atoms. The average Bonchev–Trinajstić information content (AvgIpc) is 2.55. The number of aliphatic hydroxyl groups excluding tert-OH is 1. The predicted octanol–water partition coefficient (Wildman–Crippen LogP) is 2.51. The Labute approximate surface area is 138 Å². The van der Waals surface area contributed by atoms with Crippen molar-refractivity contribution in [1.82, 2.24) is 4.90 Å². The minimum atomic E-state index is -0.549. The highest BCUT2D eigenvalue weighted by molar-refractivity contribution is 5.76. The lowest BCUT2D eigenvalue weighted by Crippen LogP contribution is -2.43. The van der Waals surface area contributed by atoms with Gasteiger partial charge in [-0.3, -0.25) is 4.79 Å². The third-order valence-electron chi connectivity index (χ3n) is 4.47. The molecule has 2 rings (SSSR count). The largest absolute Gasteiger partial charge is 0.495 e. The number of anilines is 1. The number of aliphatic hydroxyl groups is 1. The molecule has 1 unspecified atom stereocenters. The van der Waals surface area contributed by atoms with Gasteiger partial charge in [-0.15, -0.1) is 0 Å². The van der Waals surface area contributed by atoms with E-state index in [-0.39, 0.29) is 18.2 Å². The van der Waals surface area contributed by atoms with Crippen LogP contribution < -0.4 is 10.1 Å². The predicted molar refractivity (Wildman–Crippen MR) is 91.7 cm³/mol. The van der Waals surface area contributed by atoms with Gasteiger partial charge in [0.1, 0.15) is 5.75 Å². The Balaban J connectivity index is 1.83. The minimum absolute atomic E-state index is 0.0574. The first-order valence-corrected chi connectivity index (χ1v) is 8.36. The second kappa shape index (κ2) is 8.20. The summed E-state index contributed by atoms with van der Waals surface area (Å²) in [7, 11) is 1.67. The molecule has 1 aromatic carbocycles. The highest BCUT2D eigenvalue weighted by Crippen LogP contribution is 2.26. The van der Waals surface area contributed by atoms with E-state index < -0.39 is 6.10 Å². The van der Waals surface area contributed by atoms with Crippen LogP contribution in [0.15, 0.2) is 24.3 Å². The van der Waals surface area contributed by atoms with Crippen molar-refractivity contribution in [1.29, 1.82) is 0 Å². The first-order chi connectivity index (χ1) is 11.0. The van der Waals surface area contributed by atoms with Crippen LogP contribution in [0.5, 0.6) is 5.75 Å². The van der Waals surface area contributed by atoms with E-state index in [1.807, 2.05) is 43.0 Å². The maximum atomic E-state index is 12.2. The van der Waals surface area contributed by atoms with Gasteiger partial charge in [-0.05, 0) is 30.9 Å². The van der Waals surface area contributed by atoms with Gasteiger partial charge in [-0.2, -0.15) is 0 Å². The third kappa shape index (κ3) is 4.86. The monoisotopic (exact) mass is 320 g/mol. The summed E-state index contributed by atoms with van der Waals surface area (Å²) >= 11 is 0. The van der Waals surface area contributed by atoms with Crippen LogP contribution in [0.3, 0.4) is 0 Å². The van der Waals surface area contributed by atoms with Gasteiger partial charge in [0.25, 0.3) is 0 Å². The number of nitrogens with one attached hydrogen (secondary N) is 1. The van der Waals surface area contributed by atoms with E-state index in [2.05, 4.69) is 5.32 Å². The molecule has 5 heteroatoms. The zero-order chi connectivity index (χ0) is 16.8. The molecule has 0 aliphatic carbocycles. The maximum Gasteiger partial charge on any atom is 0.225 e. The van der Waals surface area contributed by atoms with Crippen molar-refractivity contribution in [2.45, 2.75) is 45.3 Å². The Kier molecular flexibility index (Phi) is 6.28. The number of hydrogen-bond donors (Lipinski definition) is 2. The highest BCUT2D eigenvalue weighted by Gasteiger charge is 2.25. The molecule has 23 heavy (non-hydrogen) atoms. The number of methoxy groups -OCH3 is 1. The fraction of sp³-hybridized carbons (Fsp3) is 0.611. The quantitative estimate of drug-likeness (QED) is 0.845. The van der Waals surface area contributed by atoms with E-state index in [0.29, 0.717) is 6.04 Å². The van der Waals surface area contributed by atoms with Gasteiger partial charge in [-0.1, -0.05) is 26.0 Å². The summed E-state index contributed by atoms with van der Waals surface area (Å²) in [6.45, 7) is 5.33. The van der Waals surface area contributed by atoms with E-state index >= 15 is 0 Å². The van der Waals surface area contributed by atoms with E-state index in [1.165, 1.54) is 0 Å². The van der Waals surface area contributed by atoms with Crippen molar-refractivity contribution in [2.75, 3.05) is 25.5 Å². The molecule has 1 aliphatic heterocycles. The second-order valence-corrected chi connectivity index (χ2v) is 6.52. The lowest BCUT2D eigenvalue weighted by molar-refractivity contribution is -0.134. The van der Waals surface area contributed by atoms with Crippen LogP contribution in [0.4, 0.5) is 5.69 Å². The van der Waals surface area contributed by atoms with Gasteiger partial charge < -0.3 is 20.1 Å². The average molecular weight is 320 g/mol. The van der Waals surface area contributed by atoms with Crippen molar-refractivity contribution >= 4 is 11.6 Å². The topological polar surface area (TPSA) is 61.8 Å². The fourth-order valence-corrected chi connectivity index (χ4v) is 2.80. The molecule has 2 N–H and O–H groups in total. The highest BCUT2D eigenvalue weighted by atomic mass is 16.5. The summed E-state index contributed by atoms with van der Waals surface area (Å²) in [4.78, 5) is 14.1. The van der Waals surface area contributed by atoms with Crippen LogP contribution in [-0.4, -0.2) is 48.3 Å². The molecule has 0 spiro atoms. The smallest absolute Gasteiger partial charge is 0.225 e. The Bertz CT molecular complexity index is 511. The number of hydrogen-bond acceptors (Lipinski definition) is 4. The molecule has 1 amide bonds. The molecule has 1 fully saturated rings. The zero-order valence-corrected chi connectivity index (χ0v) is 14.3. The van der Waals surface area contributed by atoms with Crippen molar-refractivity contribution in [2.24, 2.45) is 5.92 Å². The second-order valence-electron chi connectivity index (χ2n) is 6.52. The zero-order valence-electron chi connectivity index (χ0n) is 14.3. The van der Waals surface area contributed by atoms with Gasteiger partial charge in [0.05, 0.1) is 25.3 Å². The Morgan fingerprint density at radius 1 is 1.35 bits per heavy atom. The van der Waals surface area contributed by atoms with Gasteiger partial charge in [-0.25, -0.2) is 0 Å². The van der Waals surface area contributed by atoms with Crippen LogP contribution in [0, 0.1) is 5.92 Å². The third-order valence-corrected chi connectivity index (χ3v) is 4.47. The van der Waals surface area contributed by atoms with Gasteiger partial charge >= 0.3 is 0 Å². The number of carbonyl (C=O) groups excluding carboxylic acids is 1. The number of carbonyl (C=O) groups is 1. The first-order valence-electron chi connectivity index (χ1n) is 8.36. The van der Waals surface area contributed by atoms with E-state index in [0.717, 1.165) is 37.4 Å². The van der Waals surface area contributed by atoms with Crippen LogP contribution in [0.1, 0.15) is 33.1 Å². The molecule has 1 aliphatic rings. The summed E-state index contributed by atoms with van der Waals surface area (Å²) in [6, 6.07) is 8.22. The normalized spacial score (nSPS) is 17.2. The molecule has 1 aromatic rings. The molecule has 128 valence electrons. The number of para-hydroxylation sites is 2. The number of nitrogens with zero attached hydrogens (tertiary/aromatic N) is 1. The first kappa shape index (κ1) is 17.6. The van der Waals surface area contributed by atoms with E-state index in [9.17, 15) is 9.90 Å². The summed E-state index contributed by atoms with van der Waals surface area (Å²) in [5, 5.41) is 13.4. The molecular formula is C18H28N2O3. The summed E-state index contributed by atoms with van der Waals surface area (Å²) in [5.41, 5.74) is 0.995. The summed E-state index contributed by atoms with van der Waals surface area (Å²) in [5.74, 6) is 1.01. The van der Waals surface area contributed by atoms with Crippen LogP contribution in [0.25, 0.3) is 0 Å². The Morgan fingerprint density at radius 2 is 2.00 bits per heavy atom. The number of likely N-dealkylation sites (tertiary alicyclic amines) is 1. The molecule has 5 nitrogen and oxygen atoms in total. The summed E-state index contributed by atoms with van der Waals surface area (Å²) < 4.78 is 5.36. The van der Waals surface area contributed by atoms with Crippen molar-refractivity contribution < 1.29 is 14.6 Å². The van der Waals surface area contributed by atoms with Crippen molar-refractivity contribution in [3.63, 3.8) is 0 Å². The number of rotatable bonds is 6. The molecular weight excluding hydrogens is 292 g/mol. The number of ether oxygens (including phenoxy) is 1. The number of piperidine rings is 1. The number of amides is 1. The Hall–Kier alpha value is -1.75. The van der Waals surface area contributed by atoms with Crippen LogP contribution >= 0.6 is 0 Å². The maximum absolute atomic E-state index is 12.2. The molecule has 1 atom stereocenters. The molecule has 0 radical (unpaired) electrons.